The van der Waals surface area contributed by atoms with Crippen LogP contribution < -0.4 is 0 Å². The Morgan fingerprint density at radius 2 is 2.11 bits per heavy atom. The molecule has 90 valence electrons. The van der Waals surface area contributed by atoms with Gasteiger partial charge in [0.2, 0.25) is 0 Å². The molecule has 0 aliphatic heterocycles. The number of carbonyl (C=O) groups is 1. The minimum absolute atomic E-state index is 0.0197. The molecule has 0 saturated carbocycles. The molecule has 0 amide bonds. The van der Waals surface area contributed by atoms with Crippen molar-refractivity contribution < 1.29 is 9.90 Å². The molecule has 0 atom stereocenters. The van der Waals surface area contributed by atoms with Crippen molar-refractivity contribution in [1.82, 2.24) is 24.4 Å². The molecule has 7 heteroatoms. The molecule has 7 nitrogen and oxygen atoms in total. The maximum atomic E-state index is 10.8. The van der Waals surface area contributed by atoms with E-state index in [2.05, 4.69) is 15.3 Å². The van der Waals surface area contributed by atoms with Gasteiger partial charge in [0, 0.05) is 25.0 Å². The highest BCUT2D eigenvalue weighted by molar-refractivity contribution is 5.86. The maximum Gasteiger partial charge on any atom is 0.356 e. The van der Waals surface area contributed by atoms with Crippen LogP contribution >= 0.6 is 0 Å². The molecule has 0 aliphatic rings. The fourth-order valence-electron chi connectivity index (χ4n) is 1.73. The zero-order chi connectivity index (χ0) is 12.7. The SMILES string of the molecule is Cn1cc(-c2ccc3nc(C(=O)O)cn3c2)nn1. The number of hydrogen-bond acceptors (Lipinski definition) is 4. The number of nitrogens with zero attached hydrogens (tertiary/aromatic N) is 5. The number of aromatic carboxylic acids is 1. The van der Waals surface area contributed by atoms with Crippen LogP contribution in [0.5, 0.6) is 0 Å². The minimum atomic E-state index is -1.04. The van der Waals surface area contributed by atoms with Gasteiger partial charge in [0.15, 0.2) is 5.69 Å². The lowest BCUT2D eigenvalue weighted by molar-refractivity contribution is 0.0691. The van der Waals surface area contributed by atoms with Crippen molar-refractivity contribution in [2.24, 2.45) is 7.05 Å². The molecule has 0 radical (unpaired) electrons. The lowest BCUT2D eigenvalue weighted by atomic mass is 10.2. The molecule has 0 spiro atoms. The molecule has 0 aliphatic carbocycles. The summed E-state index contributed by atoms with van der Waals surface area (Å²) < 4.78 is 3.27. The number of carboxylic acid groups (broad SMARTS) is 1. The Kier molecular flexibility index (Phi) is 2.12. The highest BCUT2D eigenvalue weighted by Gasteiger charge is 2.10. The van der Waals surface area contributed by atoms with E-state index in [1.165, 1.54) is 6.20 Å². The van der Waals surface area contributed by atoms with Gasteiger partial charge in [-0.25, -0.2) is 9.78 Å². The quantitative estimate of drug-likeness (QED) is 0.720. The van der Waals surface area contributed by atoms with Crippen LogP contribution in [0.3, 0.4) is 0 Å². The van der Waals surface area contributed by atoms with Gasteiger partial charge in [-0.1, -0.05) is 5.21 Å². The standard InChI is InChI=1S/C11H9N5O2/c1-15-5-8(13-14-15)7-2-3-10-12-9(11(17)18)6-16(10)4-7/h2-6H,1H3,(H,17,18). The van der Waals surface area contributed by atoms with E-state index >= 15 is 0 Å². The molecule has 0 aromatic carbocycles. The van der Waals surface area contributed by atoms with Crippen LogP contribution in [0.2, 0.25) is 0 Å². The van der Waals surface area contributed by atoms with Crippen LogP contribution in [0.15, 0.2) is 30.7 Å². The molecule has 0 bridgehead atoms. The van der Waals surface area contributed by atoms with Gasteiger partial charge in [-0.05, 0) is 12.1 Å². The molecule has 0 unspecified atom stereocenters. The van der Waals surface area contributed by atoms with Crippen molar-refractivity contribution in [3.63, 3.8) is 0 Å². The predicted octanol–water partition coefficient (Wildman–Crippen LogP) is 0.828. The van der Waals surface area contributed by atoms with E-state index in [0.29, 0.717) is 5.65 Å². The van der Waals surface area contributed by atoms with Crippen molar-refractivity contribution in [1.29, 1.82) is 0 Å². The number of aromatic nitrogens is 5. The number of carboxylic acids is 1. The number of rotatable bonds is 2. The normalized spacial score (nSPS) is 10.9. The number of imidazole rings is 1. The van der Waals surface area contributed by atoms with Crippen LogP contribution in [0, 0.1) is 0 Å². The van der Waals surface area contributed by atoms with Gasteiger partial charge in [-0.3, -0.25) is 4.68 Å². The van der Waals surface area contributed by atoms with Gasteiger partial charge < -0.3 is 9.51 Å². The molecule has 0 fully saturated rings. The summed E-state index contributed by atoms with van der Waals surface area (Å²) in [5, 5.41) is 16.7. The summed E-state index contributed by atoms with van der Waals surface area (Å²) in [4.78, 5) is 14.8. The number of hydrogen-bond donors (Lipinski definition) is 1. The fraction of sp³-hybridized carbons (Fsp3) is 0.0909. The first kappa shape index (κ1) is 10.5. The number of fused-ring (bicyclic) bond motifs is 1. The second-order valence-corrected chi connectivity index (χ2v) is 3.89. The third-order valence-electron chi connectivity index (χ3n) is 2.57. The van der Waals surface area contributed by atoms with Gasteiger partial charge in [0.05, 0.1) is 6.20 Å². The van der Waals surface area contributed by atoms with Gasteiger partial charge in [0.25, 0.3) is 0 Å². The van der Waals surface area contributed by atoms with Crippen molar-refractivity contribution >= 4 is 11.6 Å². The molecular formula is C11H9N5O2. The van der Waals surface area contributed by atoms with Gasteiger partial charge in [0.1, 0.15) is 11.3 Å². The van der Waals surface area contributed by atoms with Crippen molar-refractivity contribution in [2.75, 3.05) is 0 Å². The lowest BCUT2D eigenvalue weighted by Crippen LogP contribution is -1.94. The molecule has 3 aromatic heterocycles. The van der Waals surface area contributed by atoms with Crippen LogP contribution in [0.25, 0.3) is 16.9 Å². The van der Waals surface area contributed by atoms with E-state index in [1.807, 2.05) is 6.07 Å². The third kappa shape index (κ3) is 1.61. The highest BCUT2D eigenvalue weighted by atomic mass is 16.4. The molecule has 1 N–H and O–H groups in total. The topological polar surface area (TPSA) is 85.3 Å². The molecule has 0 saturated heterocycles. The Labute approximate surface area is 101 Å². The van der Waals surface area contributed by atoms with Gasteiger partial charge in [-0.15, -0.1) is 5.10 Å². The lowest BCUT2D eigenvalue weighted by Gasteiger charge is -1.97. The zero-order valence-electron chi connectivity index (χ0n) is 9.48. The minimum Gasteiger partial charge on any atom is -0.476 e. The van der Waals surface area contributed by atoms with Crippen molar-refractivity contribution in [2.45, 2.75) is 0 Å². The van der Waals surface area contributed by atoms with E-state index in [-0.39, 0.29) is 5.69 Å². The Hall–Kier alpha value is -2.70. The van der Waals surface area contributed by atoms with E-state index in [1.54, 1.807) is 34.6 Å². The Morgan fingerprint density at radius 1 is 1.28 bits per heavy atom. The summed E-state index contributed by atoms with van der Waals surface area (Å²) in [5.41, 5.74) is 2.18. The largest absolute Gasteiger partial charge is 0.476 e. The van der Waals surface area contributed by atoms with Crippen LogP contribution in [-0.4, -0.2) is 35.5 Å². The predicted molar refractivity (Wildman–Crippen MR) is 62.1 cm³/mol. The molecule has 18 heavy (non-hydrogen) atoms. The van der Waals surface area contributed by atoms with Crippen LogP contribution in [-0.2, 0) is 7.05 Å². The van der Waals surface area contributed by atoms with E-state index < -0.39 is 5.97 Å². The summed E-state index contributed by atoms with van der Waals surface area (Å²) >= 11 is 0. The average molecular weight is 243 g/mol. The third-order valence-corrected chi connectivity index (χ3v) is 2.57. The molecule has 3 aromatic rings. The second kappa shape index (κ2) is 3.66. The molecule has 3 heterocycles. The van der Waals surface area contributed by atoms with E-state index in [9.17, 15) is 4.79 Å². The summed E-state index contributed by atoms with van der Waals surface area (Å²) in [6.45, 7) is 0. The van der Waals surface area contributed by atoms with Gasteiger partial charge >= 0.3 is 5.97 Å². The monoisotopic (exact) mass is 243 g/mol. The van der Waals surface area contributed by atoms with Crippen molar-refractivity contribution in [3.8, 4) is 11.3 Å². The smallest absolute Gasteiger partial charge is 0.356 e. The zero-order valence-corrected chi connectivity index (χ0v) is 9.48. The second-order valence-electron chi connectivity index (χ2n) is 3.89. The first-order valence-electron chi connectivity index (χ1n) is 5.22. The average Bonchev–Trinajstić information content (AvgIpc) is 2.93. The highest BCUT2D eigenvalue weighted by Crippen LogP contribution is 2.17. The van der Waals surface area contributed by atoms with Gasteiger partial charge in [-0.2, -0.15) is 0 Å². The summed E-state index contributed by atoms with van der Waals surface area (Å²) in [7, 11) is 1.79. The first-order chi connectivity index (χ1) is 8.63. The fourth-order valence-corrected chi connectivity index (χ4v) is 1.73. The summed E-state index contributed by atoms with van der Waals surface area (Å²) in [5.74, 6) is -1.04. The first-order valence-corrected chi connectivity index (χ1v) is 5.22. The molecular weight excluding hydrogens is 234 g/mol. The number of pyridine rings is 1. The molecule has 3 rings (SSSR count). The maximum absolute atomic E-state index is 10.8. The Balaban J connectivity index is 2.13. The summed E-state index contributed by atoms with van der Waals surface area (Å²) in [6, 6.07) is 3.58. The van der Waals surface area contributed by atoms with Crippen LogP contribution in [0.4, 0.5) is 0 Å². The van der Waals surface area contributed by atoms with E-state index in [0.717, 1.165) is 11.3 Å². The summed E-state index contributed by atoms with van der Waals surface area (Å²) in [6.07, 6.45) is 5.03. The van der Waals surface area contributed by atoms with Crippen molar-refractivity contribution in [3.05, 3.63) is 36.4 Å². The number of aryl methyl sites for hydroxylation is 1. The van der Waals surface area contributed by atoms with E-state index in [4.69, 9.17) is 5.11 Å². The Morgan fingerprint density at radius 3 is 2.78 bits per heavy atom. The van der Waals surface area contributed by atoms with Crippen LogP contribution in [0.1, 0.15) is 10.5 Å². The Bertz CT molecular complexity index is 743.